The van der Waals surface area contributed by atoms with Gasteiger partial charge in [-0.25, -0.2) is 4.98 Å². The van der Waals surface area contributed by atoms with Gasteiger partial charge in [-0.05, 0) is 19.4 Å². The molecule has 0 atom stereocenters. The van der Waals surface area contributed by atoms with Crippen molar-refractivity contribution in [2.24, 2.45) is 5.73 Å². The minimum Gasteiger partial charge on any atom is -0.381 e. The molecule has 90 valence electrons. The number of nitrogens with zero attached hydrogens (tertiary/aromatic N) is 1. The molecule has 16 heavy (non-hydrogen) atoms. The fraction of sp³-hybridized carbons (Fsp3) is 0.727. The van der Waals surface area contributed by atoms with E-state index in [1.165, 1.54) is 0 Å². The van der Waals surface area contributed by atoms with Gasteiger partial charge < -0.3 is 15.8 Å². The molecule has 0 spiro atoms. The molecule has 1 fully saturated rings. The number of nitrogens with one attached hydrogen (secondary N) is 1. The minimum atomic E-state index is 0.459. The highest BCUT2D eigenvalue weighted by molar-refractivity contribution is 7.09. The summed E-state index contributed by atoms with van der Waals surface area (Å²) >= 11 is 1.70. The van der Waals surface area contributed by atoms with Crippen LogP contribution in [0.4, 0.5) is 0 Å². The van der Waals surface area contributed by atoms with E-state index in [1.54, 1.807) is 18.4 Å². The van der Waals surface area contributed by atoms with E-state index in [2.05, 4.69) is 15.7 Å². The standard InChI is InChI=1S/C11H19N3OS/c1-15-10-4-8(5-10)13-6-9-7-16-11(14-9)2-3-12/h7-8,10,13H,2-6,12H2,1H3. The van der Waals surface area contributed by atoms with Crippen LogP contribution < -0.4 is 11.1 Å². The van der Waals surface area contributed by atoms with Crippen molar-refractivity contribution in [3.63, 3.8) is 0 Å². The van der Waals surface area contributed by atoms with Crippen molar-refractivity contribution in [3.05, 3.63) is 16.1 Å². The molecule has 4 nitrogen and oxygen atoms in total. The summed E-state index contributed by atoms with van der Waals surface area (Å²) in [6.07, 6.45) is 3.59. The second-order valence-electron chi connectivity index (χ2n) is 4.18. The lowest BCUT2D eigenvalue weighted by molar-refractivity contribution is 0.0169. The molecule has 0 aliphatic heterocycles. The van der Waals surface area contributed by atoms with Gasteiger partial charge in [-0.1, -0.05) is 0 Å². The second-order valence-corrected chi connectivity index (χ2v) is 5.12. The van der Waals surface area contributed by atoms with Gasteiger partial charge in [-0.15, -0.1) is 11.3 Å². The Bertz CT molecular complexity index is 323. The van der Waals surface area contributed by atoms with Crippen LogP contribution in [0.1, 0.15) is 23.5 Å². The van der Waals surface area contributed by atoms with E-state index in [0.717, 1.165) is 36.5 Å². The van der Waals surface area contributed by atoms with E-state index < -0.39 is 0 Å². The molecule has 0 bridgehead atoms. The van der Waals surface area contributed by atoms with Crippen molar-refractivity contribution in [1.82, 2.24) is 10.3 Å². The fourth-order valence-corrected chi connectivity index (χ4v) is 2.66. The molecule has 2 rings (SSSR count). The molecular formula is C11H19N3OS. The summed E-state index contributed by atoms with van der Waals surface area (Å²) in [5, 5.41) is 6.74. The van der Waals surface area contributed by atoms with Crippen LogP contribution in [-0.2, 0) is 17.7 Å². The van der Waals surface area contributed by atoms with Crippen LogP contribution in [0.5, 0.6) is 0 Å². The third kappa shape index (κ3) is 3.01. The Kier molecular flexibility index (Phi) is 4.29. The smallest absolute Gasteiger partial charge is 0.0941 e. The number of aromatic nitrogens is 1. The molecular weight excluding hydrogens is 222 g/mol. The quantitative estimate of drug-likeness (QED) is 0.777. The van der Waals surface area contributed by atoms with Crippen LogP contribution in [0.3, 0.4) is 0 Å². The zero-order valence-corrected chi connectivity index (χ0v) is 10.4. The van der Waals surface area contributed by atoms with Crippen molar-refractivity contribution in [2.45, 2.75) is 38.0 Å². The maximum atomic E-state index is 5.49. The van der Waals surface area contributed by atoms with Gasteiger partial charge in [0.2, 0.25) is 0 Å². The number of methoxy groups -OCH3 is 1. The first-order chi connectivity index (χ1) is 7.81. The SMILES string of the molecule is COC1CC(NCc2csc(CCN)n2)C1. The summed E-state index contributed by atoms with van der Waals surface area (Å²) in [4.78, 5) is 4.51. The van der Waals surface area contributed by atoms with Gasteiger partial charge in [0.25, 0.3) is 0 Å². The Morgan fingerprint density at radius 3 is 3.12 bits per heavy atom. The number of rotatable bonds is 6. The summed E-state index contributed by atoms with van der Waals surface area (Å²) in [5.74, 6) is 0. The van der Waals surface area contributed by atoms with Crippen molar-refractivity contribution < 1.29 is 4.74 Å². The van der Waals surface area contributed by atoms with Crippen LogP contribution in [0.2, 0.25) is 0 Å². The zero-order valence-electron chi connectivity index (χ0n) is 9.61. The topological polar surface area (TPSA) is 60.2 Å². The molecule has 1 aromatic rings. The molecule has 1 heterocycles. The van der Waals surface area contributed by atoms with Crippen molar-refractivity contribution in [3.8, 4) is 0 Å². The van der Waals surface area contributed by atoms with Gasteiger partial charge in [0.1, 0.15) is 0 Å². The molecule has 1 aliphatic carbocycles. The first-order valence-corrected chi connectivity index (χ1v) is 6.59. The minimum absolute atomic E-state index is 0.459. The third-order valence-corrected chi connectivity index (χ3v) is 3.91. The van der Waals surface area contributed by atoms with Crippen LogP contribution >= 0.6 is 11.3 Å². The average Bonchev–Trinajstić information content (AvgIpc) is 2.64. The second kappa shape index (κ2) is 5.72. The molecule has 3 N–H and O–H groups in total. The maximum absolute atomic E-state index is 5.49. The van der Waals surface area contributed by atoms with Crippen LogP contribution in [0, 0.1) is 0 Å². The number of hydrogen-bond donors (Lipinski definition) is 2. The number of nitrogens with two attached hydrogens (primary N) is 1. The lowest BCUT2D eigenvalue weighted by Crippen LogP contribution is -2.44. The molecule has 1 aliphatic rings. The molecule has 1 aromatic heterocycles. The largest absolute Gasteiger partial charge is 0.381 e. The Balaban J connectivity index is 1.69. The Hall–Kier alpha value is -0.490. The summed E-state index contributed by atoms with van der Waals surface area (Å²) < 4.78 is 5.24. The third-order valence-electron chi connectivity index (χ3n) is 2.96. The van der Waals surface area contributed by atoms with Crippen molar-refractivity contribution in [1.29, 1.82) is 0 Å². The highest BCUT2D eigenvalue weighted by Gasteiger charge is 2.28. The van der Waals surface area contributed by atoms with Gasteiger partial charge in [0, 0.05) is 31.5 Å². The Labute approximate surface area is 100 Å². The first-order valence-electron chi connectivity index (χ1n) is 5.71. The lowest BCUT2D eigenvalue weighted by Gasteiger charge is -2.34. The normalized spacial score (nSPS) is 24.4. The number of hydrogen-bond acceptors (Lipinski definition) is 5. The van der Waals surface area contributed by atoms with E-state index in [1.807, 2.05) is 0 Å². The lowest BCUT2D eigenvalue weighted by atomic mass is 9.89. The number of thiazole rings is 1. The Morgan fingerprint density at radius 2 is 2.44 bits per heavy atom. The molecule has 0 unspecified atom stereocenters. The van der Waals surface area contributed by atoms with Crippen molar-refractivity contribution in [2.75, 3.05) is 13.7 Å². The predicted molar refractivity (Wildman–Crippen MR) is 65.5 cm³/mol. The maximum Gasteiger partial charge on any atom is 0.0941 e. The highest BCUT2D eigenvalue weighted by atomic mass is 32.1. The van der Waals surface area contributed by atoms with Crippen molar-refractivity contribution >= 4 is 11.3 Å². The summed E-state index contributed by atoms with van der Waals surface area (Å²) in [7, 11) is 1.78. The van der Waals surface area contributed by atoms with E-state index in [4.69, 9.17) is 10.5 Å². The molecule has 0 aromatic carbocycles. The Morgan fingerprint density at radius 1 is 1.62 bits per heavy atom. The molecule has 0 saturated heterocycles. The predicted octanol–water partition coefficient (Wildman–Crippen LogP) is 0.911. The number of ether oxygens (including phenoxy) is 1. The van der Waals surface area contributed by atoms with Crippen LogP contribution in [0.25, 0.3) is 0 Å². The average molecular weight is 241 g/mol. The zero-order chi connectivity index (χ0) is 11.4. The van der Waals surface area contributed by atoms with Gasteiger partial charge >= 0.3 is 0 Å². The molecule has 1 saturated carbocycles. The van der Waals surface area contributed by atoms with Gasteiger partial charge in [-0.2, -0.15) is 0 Å². The monoisotopic (exact) mass is 241 g/mol. The van der Waals surface area contributed by atoms with Gasteiger partial charge in [0.15, 0.2) is 0 Å². The van der Waals surface area contributed by atoms with Gasteiger partial charge in [0.05, 0.1) is 16.8 Å². The van der Waals surface area contributed by atoms with Crippen LogP contribution in [0.15, 0.2) is 5.38 Å². The molecule has 5 heteroatoms. The molecule has 0 amide bonds. The summed E-state index contributed by atoms with van der Waals surface area (Å²) in [5.41, 5.74) is 6.62. The van der Waals surface area contributed by atoms with E-state index >= 15 is 0 Å². The summed E-state index contributed by atoms with van der Waals surface area (Å²) in [6, 6.07) is 0.601. The van der Waals surface area contributed by atoms with E-state index in [9.17, 15) is 0 Å². The van der Waals surface area contributed by atoms with Gasteiger partial charge in [-0.3, -0.25) is 0 Å². The first kappa shape index (κ1) is 12.0. The molecule has 0 radical (unpaired) electrons. The summed E-state index contributed by atoms with van der Waals surface area (Å²) in [6.45, 7) is 1.54. The highest BCUT2D eigenvalue weighted by Crippen LogP contribution is 2.22. The van der Waals surface area contributed by atoms with Crippen LogP contribution in [-0.4, -0.2) is 30.8 Å². The van der Waals surface area contributed by atoms with E-state index in [-0.39, 0.29) is 0 Å². The van der Waals surface area contributed by atoms with E-state index in [0.29, 0.717) is 18.7 Å². The fourth-order valence-electron chi connectivity index (χ4n) is 1.84.